The number of pyridine rings is 1. The highest BCUT2D eigenvalue weighted by atomic mass is 32.1. The molecule has 0 bridgehead atoms. The van der Waals surface area contributed by atoms with Crippen LogP contribution in [-0.2, 0) is 23.1 Å². The fourth-order valence-corrected chi connectivity index (χ4v) is 5.68. The predicted molar refractivity (Wildman–Crippen MR) is 153 cm³/mol. The Bertz CT molecular complexity index is 1640. The first-order valence-corrected chi connectivity index (χ1v) is 13.9. The van der Waals surface area contributed by atoms with Gasteiger partial charge in [0.2, 0.25) is 0 Å². The van der Waals surface area contributed by atoms with Crippen molar-refractivity contribution in [2.75, 3.05) is 39.5 Å². The number of halogens is 3. The zero-order chi connectivity index (χ0) is 30.4. The van der Waals surface area contributed by atoms with E-state index in [9.17, 15) is 22.8 Å². The summed E-state index contributed by atoms with van der Waals surface area (Å²) >= 11 is 1.33. The number of fused-ring (bicyclic) bond motifs is 3. The van der Waals surface area contributed by atoms with E-state index in [4.69, 9.17) is 19.4 Å². The van der Waals surface area contributed by atoms with Crippen molar-refractivity contribution < 1.29 is 37.3 Å². The molecule has 2 N–H and O–H groups in total. The molecule has 0 radical (unpaired) electrons. The number of thiophene rings is 1. The molecule has 4 aromatic rings. The van der Waals surface area contributed by atoms with Crippen LogP contribution in [0.4, 0.5) is 13.2 Å². The highest BCUT2D eigenvalue weighted by Crippen LogP contribution is 2.39. The molecule has 2 aromatic carbocycles. The number of para-hydroxylation sites is 1. The molecule has 0 aliphatic carbocycles. The number of morpholine rings is 1. The monoisotopic (exact) mass is 605 g/mol. The number of benzene rings is 2. The minimum atomic E-state index is -5.08. The number of aromatic nitrogens is 1. The molecule has 0 unspecified atom stereocenters. The molecule has 2 aromatic heterocycles. The van der Waals surface area contributed by atoms with Crippen molar-refractivity contribution in [3.05, 3.63) is 74.9 Å². The van der Waals surface area contributed by atoms with E-state index in [-0.39, 0.29) is 11.5 Å². The summed E-state index contributed by atoms with van der Waals surface area (Å²) in [7, 11) is 1.76. The van der Waals surface area contributed by atoms with Crippen LogP contribution in [-0.4, -0.2) is 72.1 Å². The topological polar surface area (TPSA) is 110 Å². The van der Waals surface area contributed by atoms with Crippen molar-refractivity contribution >= 4 is 44.2 Å². The van der Waals surface area contributed by atoms with Crippen LogP contribution in [0.1, 0.15) is 20.8 Å². The lowest BCUT2D eigenvalue weighted by Crippen LogP contribution is -2.38. The van der Waals surface area contributed by atoms with E-state index >= 15 is 0 Å². The Labute approximate surface area is 243 Å². The molecule has 1 amide bonds. The van der Waals surface area contributed by atoms with Gasteiger partial charge in [0.1, 0.15) is 16.9 Å². The molecule has 0 atom stereocenters. The first-order valence-electron chi connectivity index (χ1n) is 13.1. The highest BCUT2D eigenvalue weighted by Gasteiger charge is 2.38. The van der Waals surface area contributed by atoms with Gasteiger partial charge in [-0.1, -0.05) is 42.5 Å². The first-order chi connectivity index (χ1) is 20.0. The second-order valence-electron chi connectivity index (χ2n) is 9.56. The molecule has 42 heavy (non-hydrogen) atoms. The van der Waals surface area contributed by atoms with Crippen LogP contribution < -0.4 is 15.6 Å². The zero-order valence-electron chi connectivity index (χ0n) is 23.0. The van der Waals surface area contributed by atoms with E-state index in [1.807, 2.05) is 55.5 Å². The van der Waals surface area contributed by atoms with Gasteiger partial charge in [-0.2, -0.15) is 13.2 Å². The number of nitrogens with one attached hydrogen (secondary N) is 1. The van der Waals surface area contributed by atoms with E-state index in [1.165, 1.54) is 11.3 Å². The number of hydrogen-bond donors (Lipinski definition) is 2. The Kier molecular flexibility index (Phi) is 9.86. The van der Waals surface area contributed by atoms with Crippen molar-refractivity contribution in [2.24, 2.45) is 7.05 Å². The van der Waals surface area contributed by atoms with Gasteiger partial charge in [0.05, 0.1) is 23.4 Å². The van der Waals surface area contributed by atoms with Crippen molar-refractivity contribution in [1.29, 1.82) is 0 Å². The van der Waals surface area contributed by atoms with Crippen LogP contribution >= 0.6 is 11.3 Å². The van der Waals surface area contributed by atoms with Crippen molar-refractivity contribution in [1.82, 2.24) is 14.8 Å². The molecule has 0 saturated carbocycles. The third-order valence-corrected chi connectivity index (χ3v) is 8.00. The number of aliphatic carboxylic acids is 1. The smallest absolute Gasteiger partial charge is 0.490 e. The quantitative estimate of drug-likeness (QED) is 0.323. The lowest BCUT2D eigenvalue weighted by Gasteiger charge is -2.26. The maximum absolute atomic E-state index is 13.4. The van der Waals surface area contributed by atoms with Crippen molar-refractivity contribution in [3.63, 3.8) is 0 Å². The van der Waals surface area contributed by atoms with Crippen LogP contribution in [0, 0.1) is 6.92 Å². The molecule has 1 aliphatic rings. The Morgan fingerprint density at radius 3 is 2.40 bits per heavy atom. The number of carboxylic acids is 1. The average Bonchev–Trinajstić information content (AvgIpc) is 3.35. The van der Waals surface area contributed by atoms with Crippen molar-refractivity contribution in [2.45, 2.75) is 19.6 Å². The summed E-state index contributed by atoms with van der Waals surface area (Å²) in [6.45, 7) is 6.65. The summed E-state index contributed by atoms with van der Waals surface area (Å²) in [4.78, 5) is 38.4. The molecule has 9 nitrogen and oxygen atoms in total. The number of amides is 1. The minimum absolute atomic E-state index is 0.158. The number of aryl methyl sites for hydroxylation is 2. The Morgan fingerprint density at radius 2 is 1.74 bits per heavy atom. The standard InChI is InChI=1S/C27H29N3O4S.C2HF3O2/c1-18-7-3-4-8-19(18)17-28-26(31)25-23(34-16-13-30-11-14-33-15-12-30)22-24(35-25)20-9-5-6-10-21(20)29(2)27(22)32;3-2(4,5)1(6)7/h3-10H,11-17H2,1-2H3,(H,28,31);(H,6,7). The highest BCUT2D eigenvalue weighted by molar-refractivity contribution is 7.22. The molecular formula is C29H30F3N3O6S. The van der Waals surface area contributed by atoms with Gasteiger partial charge in [-0.25, -0.2) is 4.79 Å². The third kappa shape index (κ3) is 7.09. The number of carbonyl (C=O) groups excluding carboxylic acids is 1. The molecule has 13 heteroatoms. The number of hydrogen-bond acceptors (Lipinski definition) is 7. The maximum atomic E-state index is 13.4. The van der Waals surface area contributed by atoms with Crippen molar-refractivity contribution in [3.8, 4) is 5.75 Å². The summed E-state index contributed by atoms with van der Waals surface area (Å²) in [5, 5.41) is 11.6. The van der Waals surface area contributed by atoms with Gasteiger partial charge in [0, 0.05) is 38.6 Å². The number of alkyl halides is 3. The van der Waals surface area contributed by atoms with Crippen LogP contribution in [0.15, 0.2) is 53.3 Å². The van der Waals surface area contributed by atoms with Gasteiger partial charge in [-0.15, -0.1) is 11.3 Å². The SMILES string of the molecule is Cc1ccccc1CNC(=O)c1sc2c(c1OCCN1CCOCC1)c(=O)n(C)c1ccccc21.O=C(O)C(F)(F)F. The number of ether oxygens (including phenoxy) is 2. The second-order valence-corrected chi connectivity index (χ2v) is 10.6. The van der Waals surface area contributed by atoms with E-state index in [0.717, 1.165) is 39.8 Å². The van der Waals surface area contributed by atoms with Gasteiger partial charge in [-0.3, -0.25) is 14.5 Å². The normalized spacial score (nSPS) is 13.9. The Balaban J connectivity index is 0.000000517. The lowest BCUT2D eigenvalue weighted by molar-refractivity contribution is -0.192. The third-order valence-electron chi connectivity index (χ3n) is 6.80. The predicted octanol–water partition coefficient (Wildman–Crippen LogP) is 4.34. The van der Waals surface area contributed by atoms with E-state index < -0.39 is 12.1 Å². The molecule has 224 valence electrons. The first kappa shape index (κ1) is 31.0. The molecule has 0 spiro atoms. The number of rotatable bonds is 7. The maximum Gasteiger partial charge on any atom is 0.490 e. The van der Waals surface area contributed by atoms with E-state index in [1.54, 1.807) is 11.6 Å². The van der Waals surface area contributed by atoms with Gasteiger partial charge < -0.3 is 24.5 Å². The fourth-order valence-electron chi connectivity index (χ4n) is 4.49. The van der Waals surface area contributed by atoms with Crippen LogP contribution in [0.2, 0.25) is 0 Å². The fraction of sp³-hybridized carbons (Fsp3) is 0.345. The zero-order valence-corrected chi connectivity index (χ0v) is 23.8. The number of carbonyl (C=O) groups is 2. The minimum Gasteiger partial charge on any atom is -0.490 e. The summed E-state index contributed by atoms with van der Waals surface area (Å²) in [5.74, 6) is -2.61. The second kappa shape index (κ2) is 13.4. The van der Waals surface area contributed by atoms with Gasteiger partial charge in [0.15, 0.2) is 5.75 Å². The van der Waals surface area contributed by atoms with Crippen LogP contribution in [0.5, 0.6) is 5.75 Å². The summed E-state index contributed by atoms with van der Waals surface area (Å²) < 4.78 is 45.8. The Hall–Kier alpha value is -3.94. The van der Waals surface area contributed by atoms with Gasteiger partial charge in [0.25, 0.3) is 11.5 Å². The molecule has 1 saturated heterocycles. The molecular weight excluding hydrogens is 575 g/mol. The molecule has 3 heterocycles. The summed E-state index contributed by atoms with van der Waals surface area (Å²) in [6.07, 6.45) is -5.08. The summed E-state index contributed by atoms with van der Waals surface area (Å²) in [5.41, 5.74) is 2.84. The summed E-state index contributed by atoms with van der Waals surface area (Å²) in [6, 6.07) is 15.7. The number of nitrogens with zero attached hydrogens (tertiary/aromatic N) is 2. The molecule has 1 fully saturated rings. The molecule has 5 rings (SSSR count). The largest absolute Gasteiger partial charge is 0.490 e. The van der Waals surface area contributed by atoms with Gasteiger partial charge in [-0.05, 0) is 24.1 Å². The van der Waals surface area contributed by atoms with Crippen LogP contribution in [0.25, 0.3) is 21.0 Å². The van der Waals surface area contributed by atoms with Crippen LogP contribution in [0.3, 0.4) is 0 Å². The number of carboxylic acid groups (broad SMARTS) is 1. The lowest BCUT2D eigenvalue weighted by atomic mass is 10.1. The van der Waals surface area contributed by atoms with Gasteiger partial charge >= 0.3 is 12.1 Å². The average molecular weight is 606 g/mol. The van der Waals surface area contributed by atoms with E-state index in [0.29, 0.717) is 48.9 Å². The molecule has 1 aliphatic heterocycles. The Morgan fingerprint density at radius 1 is 1.10 bits per heavy atom. The van der Waals surface area contributed by atoms with E-state index in [2.05, 4.69) is 10.2 Å².